The van der Waals surface area contributed by atoms with E-state index in [4.69, 9.17) is 0 Å². The van der Waals surface area contributed by atoms with E-state index in [1.165, 1.54) is 118 Å². The average Bonchev–Trinajstić information content (AvgIpc) is 4.19. The molecular weight excluding hydrogens is 895 g/mol. The SMILES string of the molecule is c1ccc([Si](c2ccccc2)(c2ccccc2)c2ccc3c4ccccc4n(-c4cccc5c4sc4c(-n6c7ccccc7c7cc(-n8c9ccccc9c9ccccc98)ccc76)cccc45)c3c2)cc1. The summed E-state index contributed by atoms with van der Waals surface area (Å²) in [6.07, 6.45) is 0. The van der Waals surface area contributed by atoms with Crippen molar-refractivity contribution < 1.29 is 0 Å². The molecule has 11 aromatic carbocycles. The van der Waals surface area contributed by atoms with Crippen LogP contribution >= 0.6 is 11.3 Å². The number of fused-ring (bicyclic) bond motifs is 12. The molecule has 15 aromatic rings. The van der Waals surface area contributed by atoms with Crippen LogP contribution in [0.25, 0.3) is 103 Å². The summed E-state index contributed by atoms with van der Waals surface area (Å²) in [7, 11) is -2.81. The van der Waals surface area contributed by atoms with Crippen molar-refractivity contribution >= 4 is 126 Å². The van der Waals surface area contributed by atoms with Gasteiger partial charge in [-0.3, -0.25) is 0 Å². The zero-order valence-corrected chi connectivity index (χ0v) is 40.4. The largest absolute Gasteiger partial charge is 0.309 e. The van der Waals surface area contributed by atoms with E-state index in [2.05, 4.69) is 275 Å². The Labute approximate surface area is 415 Å². The van der Waals surface area contributed by atoms with Gasteiger partial charge in [0.25, 0.3) is 0 Å². The quantitative estimate of drug-likeness (QED) is 0.112. The van der Waals surface area contributed by atoms with E-state index in [0.29, 0.717) is 0 Å². The van der Waals surface area contributed by atoms with Gasteiger partial charge in [0, 0.05) is 48.8 Å². The van der Waals surface area contributed by atoms with Gasteiger partial charge in [0.05, 0.1) is 53.9 Å². The predicted octanol–water partition coefficient (Wildman–Crippen LogP) is 14.7. The molecule has 0 aliphatic carbocycles. The standard InChI is InChI=1S/C66H43N3SSi/c1-4-20-45(21-5-1)71(46-22-6-2-7-23-46,47-24-8-3-9-25-47)48-39-40-53-51-28-12-16-34-59(51)69(64(53)43-48)63-37-19-31-55-54-30-18-36-62(65(54)70-66(55)63)68-60-35-17-13-29-52(60)56-42-44(38-41-61(56)68)67-57-32-14-10-26-49(57)50-27-11-15-33-58(50)67/h1-43H. The number of benzene rings is 11. The second-order valence-corrected chi connectivity index (χ2v) is 23.6. The van der Waals surface area contributed by atoms with Crippen LogP contribution in [0.2, 0.25) is 0 Å². The van der Waals surface area contributed by atoms with Gasteiger partial charge in [0.2, 0.25) is 0 Å². The molecular formula is C66H43N3SSi. The minimum Gasteiger partial charge on any atom is -0.309 e. The molecule has 0 N–H and O–H groups in total. The average molecular weight is 938 g/mol. The maximum atomic E-state index is 2.56. The van der Waals surface area contributed by atoms with Crippen LogP contribution in [-0.4, -0.2) is 21.8 Å². The van der Waals surface area contributed by atoms with Crippen molar-refractivity contribution in [2.75, 3.05) is 0 Å². The number of hydrogen-bond acceptors (Lipinski definition) is 1. The molecule has 0 aliphatic heterocycles. The lowest BCUT2D eigenvalue weighted by molar-refractivity contribution is 1.17. The highest BCUT2D eigenvalue weighted by Gasteiger charge is 2.41. The molecule has 0 saturated carbocycles. The molecule has 0 bridgehead atoms. The summed E-state index contributed by atoms with van der Waals surface area (Å²) in [4.78, 5) is 0. The van der Waals surface area contributed by atoms with Crippen LogP contribution in [0.4, 0.5) is 0 Å². The van der Waals surface area contributed by atoms with Crippen molar-refractivity contribution in [2.45, 2.75) is 0 Å². The first-order chi connectivity index (χ1) is 35.3. The molecule has 0 saturated heterocycles. The molecule has 15 rings (SSSR count). The molecule has 0 amide bonds. The fraction of sp³-hybridized carbons (Fsp3) is 0. The maximum absolute atomic E-state index is 2.81. The summed E-state index contributed by atoms with van der Waals surface area (Å²) < 4.78 is 10.0. The maximum Gasteiger partial charge on any atom is 0.179 e. The van der Waals surface area contributed by atoms with Gasteiger partial charge in [-0.2, -0.15) is 0 Å². The van der Waals surface area contributed by atoms with Crippen molar-refractivity contribution in [3.63, 3.8) is 0 Å². The number of nitrogens with zero attached hydrogens (tertiary/aromatic N) is 3. The summed E-state index contributed by atoms with van der Waals surface area (Å²) in [6.45, 7) is 0. The Morgan fingerprint density at radius 1 is 0.239 bits per heavy atom. The van der Waals surface area contributed by atoms with E-state index in [-0.39, 0.29) is 0 Å². The van der Waals surface area contributed by atoms with E-state index in [0.717, 1.165) is 5.69 Å². The van der Waals surface area contributed by atoms with Crippen LogP contribution in [0.1, 0.15) is 0 Å². The van der Waals surface area contributed by atoms with Gasteiger partial charge in [-0.05, 0) is 81.4 Å². The Morgan fingerprint density at radius 2 is 0.620 bits per heavy atom. The van der Waals surface area contributed by atoms with Crippen LogP contribution in [0.5, 0.6) is 0 Å². The van der Waals surface area contributed by atoms with Crippen molar-refractivity contribution in [3.05, 3.63) is 261 Å². The molecule has 332 valence electrons. The first-order valence-electron chi connectivity index (χ1n) is 24.4. The number of hydrogen-bond donors (Lipinski definition) is 0. The van der Waals surface area contributed by atoms with Crippen LogP contribution in [0.15, 0.2) is 261 Å². The smallest absolute Gasteiger partial charge is 0.179 e. The van der Waals surface area contributed by atoms with E-state index in [1.54, 1.807) is 0 Å². The minimum absolute atomic E-state index is 1.16. The van der Waals surface area contributed by atoms with E-state index >= 15 is 0 Å². The molecule has 5 heteroatoms. The normalized spacial score (nSPS) is 12.2. The number of para-hydroxylation sites is 4. The Balaban J connectivity index is 0.968. The second kappa shape index (κ2) is 15.6. The fourth-order valence-electron chi connectivity index (χ4n) is 12.2. The lowest BCUT2D eigenvalue weighted by atomic mass is 10.1. The van der Waals surface area contributed by atoms with Gasteiger partial charge >= 0.3 is 0 Å². The second-order valence-electron chi connectivity index (χ2n) is 18.8. The molecule has 0 radical (unpaired) electrons. The minimum atomic E-state index is -2.81. The van der Waals surface area contributed by atoms with Gasteiger partial charge in [0.1, 0.15) is 0 Å². The van der Waals surface area contributed by atoms with Gasteiger partial charge in [-0.1, -0.05) is 200 Å². The van der Waals surface area contributed by atoms with Crippen molar-refractivity contribution in [1.29, 1.82) is 0 Å². The van der Waals surface area contributed by atoms with Gasteiger partial charge in [0.15, 0.2) is 8.07 Å². The van der Waals surface area contributed by atoms with Crippen LogP contribution in [-0.2, 0) is 0 Å². The summed E-state index contributed by atoms with van der Waals surface area (Å²) in [5, 5.41) is 15.5. The monoisotopic (exact) mass is 937 g/mol. The lowest BCUT2D eigenvalue weighted by Gasteiger charge is -2.34. The molecule has 71 heavy (non-hydrogen) atoms. The molecule has 0 fully saturated rings. The van der Waals surface area contributed by atoms with Crippen molar-refractivity contribution in [1.82, 2.24) is 13.7 Å². The molecule has 4 aromatic heterocycles. The highest BCUT2D eigenvalue weighted by atomic mass is 32.1. The van der Waals surface area contributed by atoms with E-state index in [9.17, 15) is 0 Å². The van der Waals surface area contributed by atoms with Crippen molar-refractivity contribution in [2.24, 2.45) is 0 Å². The van der Waals surface area contributed by atoms with Crippen LogP contribution in [0.3, 0.4) is 0 Å². The first kappa shape index (κ1) is 40.2. The lowest BCUT2D eigenvalue weighted by Crippen LogP contribution is -2.74. The zero-order valence-electron chi connectivity index (χ0n) is 38.6. The topological polar surface area (TPSA) is 14.8 Å². The number of aromatic nitrogens is 3. The van der Waals surface area contributed by atoms with Crippen LogP contribution < -0.4 is 20.7 Å². The predicted molar refractivity (Wildman–Crippen MR) is 306 cm³/mol. The summed E-state index contributed by atoms with van der Waals surface area (Å²) in [6, 6.07) is 97.4. The molecule has 0 aliphatic rings. The highest BCUT2D eigenvalue weighted by molar-refractivity contribution is 7.26. The Morgan fingerprint density at radius 3 is 1.11 bits per heavy atom. The Hall–Kier alpha value is -8.74. The molecule has 0 spiro atoms. The van der Waals surface area contributed by atoms with E-state index in [1.807, 2.05) is 11.3 Å². The zero-order chi connectivity index (χ0) is 46.6. The number of thiophene rings is 1. The summed E-state index contributed by atoms with van der Waals surface area (Å²) in [5.41, 5.74) is 10.8. The van der Waals surface area contributed by atoms with Gasteiger partial charge in [-0.15, -0.1) is 11.3 Å². The Bertz CT molecular complexity index is 4430. The van der Waals surface area contributed by atoms with Crippen molar-refractivity contribution in [3.8, 4) is 17.1 Å². The molecule has 0 unspecified atom stereocenters. The Kier molecular flexibility index (Phi) is 8.85. The van der Waals surface area contributed by atoms with Gasteiger partial charge in [-0.25, -0.2) is 0 Å². The van der Waals surface area contributed by atoms with Gasteiger partial charge < -0.3 is 13.7 Å². The third-order valence-corrected chi connectivity index (χ3v) is 21.2. The highest BCUT2D eigenvalue weighted by Crippen LogP contribution is 2.45. The first-order valence-corrected chi connectivity index (χ1v) is 27.2. The third kappa shape index (κ3) is 5.76. The summed E-state index contributed by atoms with van der Waals surface area (Å²) >= 11 is 1.91. The molecule has 3 nitrogen and oxygen atoms in total. The summed E-state index contributed by atoms with van der Waals surface area (Å²) in [5.74, 6) is 0. The van der Waals surface area contributed by atoms with Crippen LogP contribution in [0, 0.1) is 0 Å². The number of rotatable bonds is 7. The fourth-order valence-corrected chi connectivity index (χ4v) is 18.3. The molecule has 0 atom stereocenters. The molecule has 4 heterocycles. The van der Waals surface area contributed by atoms with E-state index < -0.39 is 8.07 Å². The third-order valence-electron chi connectivity index (χ3n) is 15.2.